The van der Waals surface area contributed by atoms with Gasteiger partial charge in [0.2, 0.25) is 0 Å². The van der Waals surface area contributed by atoms with E-state index in [2.05, 4.69) is 32.0 Å². The number of nitro benzene ring substituents is 1. The molecule has 0 aliphatic carbocycles. The molecule has 1 aliphatic rings. The van der Waals surface area contributed by atoms with E-state index < -0.39 is 11.0 Å². The van der Waals surface area contributed by atoms with E-state index in [-0.39, 0.29) is 23.6 Å². The lowest BCUT2D eigenvalue weighted by atomic mass is 9.93. The molecule has 0 aromatic heterocycles. The van der Waals surface area contributed by atoms with Crippen molar-refractivity contribution in [2.75, 3.05) is 0 Å². The minimum atomic E-state index is -0.600. The van der Waals surface area contributed by atoms with Gasteiger partial charge < -0.3 is 5.11 Å². The van der Waals surface area contributed by atoms with Gasteiger partial charge in [0.05, 0.1) is 10.6 Å². The normalized spacial score (nSPS) is 15.5. The summed E-state index contributed by atoms with van der Waals surface area (Å²) in [5.41, 5.74) is 6.12. The zero-order valence-corrected chi connectivity index (χ0v) is 18.7. The molecule has 0 saturated carbocycles. The molecule has 33 heavy (non-hydrogen) atoms. The number of rotatable bonds is 6. The quantitative estimate of drug-likeness (QED) is 0.429. The third kappa shape index (κ3) is 4.70. The van der Waals surface area contributed by atoms with Crippen LogP contribution in [-0.2, 0) is 30.5 Å². The van der Waals surface area contributed by atoms with Gasteiger partial charge in [-0.05, 0) is 59.4 Å². The number of fused-ring (bicyclic) bond motifs is 1. The van der Waals surface area contributed by atoms with Crippen LogP contribution in [0, 0.1) is 10.1 Å². The Morgan fingerprint density at radius 1 is 1.00 bits per heavy atom. The van der Waals surface area contributed by atoms with Crippen LogP contribution in [0.2, 0.25) is 0 Å². The van der Waals surface area contributed by atoms with Crippen LogP contribution in [0.25, 0.3) is 0 Å². The average Bonchev–Trinajstić information content (AvgIpc) is 2.95. The van der Waals surface area contributed by atoms with Crippen LogP contribution in [0.3, 0.4) is 0 Å². The molecule has 0 spiro atoms. The van der Waals surface area contributed by atoms with Crippen molar-refractivity contribution in [3.8, 4) is 5.75 Å². The highest BCUT2D eigenvalue weighted by Crippen LogP contribution is 2.28. The summed E-state index contributed by atoms with van der Waals surface area (Å²) in [7, 11) is 0. The van der Waals surface area contributed by atoms with Crippen molar-refractivity contribution in [2.24, 2.45) is 4.99 Å². The molecular weight excluding hydrogens is 416 g/mol. The number of non-ortho nitro benzene ring substituents is 1. The average molecular weight is 443 g/mol. The Labute approximate surface area is 192 Å². The summed E-state index contributed by atoms with van der Waals surface area (Å²) in [5.74, 6) is 0.0967. The van der Waals surface area contributed by atoms with Gasteiger partial charge in [-0.3, -0.25) is 19.9 Å². The van der Waals surface area contributed by atoms with E-state index in [1.54, 1.807) is 30.3 Å². The molecule has 0 amide bonds. The Bertz CT molecular complexity index is 1250. The molecule has 1 aliphatic heterocycles. The van der Waals surface area contributed by atoms with Crippen LogP contribution in [-0.4, -0.2) is 27.6 Å². The number of carbonyl (C=O) groups excluding carboxylic acids is 1. The van der Waals surface area contributed by atoms with E-state index in [1.807, 2.05) is 0 Å². The molecule has 0 bridgehead atoms. The summed E-state index contributed by atoms with van der Waals surface area (Å²) in [4.78, 5) is 29.0. The van der Waals surface area contributed by atoms with Crippen molar-refractivity contribution in [1.29, 1.82) is 0 Å². The van der Waals surface area contributed by atoms with Crippen LogP contribution < -0.4 is 0 Å². The predicted octanol–water partition coefficient (Wildman–Crippen LogP) is 5.00. The zero-order chi connectivity index (χ0) is 23.5. The lowest BCUT2D eigenvalue weighted by Crippen LogP contribution is -2.23. The monoisotopic (exact) mass is 442 g/mol. The molecule has 4 rings (SSSR count). The maximum atomic E-state index is 13.2. The minimum Gasteiger partial charge on any atom is -0.508 e. The second-order valence-electron chi connectivity index (χ2n) is 8.30. The molecule has 0 fully saturated rings. The van der Waals surface area contributed by atoms with E-state index in [0.717, 1.165) is 24.0 Å². The predicted molar refractivity (Wildman–Crippen MR) is 128 cm³/mol. The van der Waals surface area contributed by atoms with Gasteiger partial charge in [-0.15, -0.1) is 0 Å². The molecule has 0 radical (unpaired) electrons. The van der Waals surface area contributed by atoms with Crippen molar-refractivity contribution >= 4 is 17.2 Å². The van der Waals surface area contributed by atoms with Gasteiger partial charge in [0.25, 0.3) is 5.69 Å². The van der Waals surface area contributed by atoms with Crippen LogP contribution in [0.5, 0.6) is 5.75 Å². The summed E-state index contributed by atoms with van der Waals surface area (Å²) < 4.78 is 0. The summed E-state index contributed by atoms with van der Waals surface area (Å²) in [6, 6.07) is 16.8. The first kappa shape index (κ1) is 22.4. The number of phenolic OH excluding ortho intramolecular Hbond substituents is 1. The second kappa shape index (κ2) is 9.36. The van der Waals surface area contributed by atoms with Crippen molar-refractivity contribution in [2.45, 2.75) is 45.6 Å². The van der Waals surface area contributed by atoms with Gasteiger partial charge >= 0.3 is 0 Å². The fourth-order valence-electron chi connectivity index (χ4n) is 4.37. The minimum absolute atomic E-state index is 0.0171. The van der Waals surface area contributed by atoms with Gasteiger partial charge in [0, 0.05) is 36.1 Å². The third-order valence-corrected chi connectivity index (χ3v) is 6.18. The summed E-state index contributed by atoms with van der Waals surface area (Å²) in [6.07, 6.45) is 2.51. The Morgan fingerprint density at radius 2 is 1.73 bits per heavy atom. The van der Waals surface area contributed by atoms with E-state index >= 15 is 0 Å². The second-order valence-corrected chi connectivity index (χ2v) is 8.30. The van der Waals surface area contributed by atoms with Gasteiger partial charge in [-0.25, -0.2) is 0 Å². The number of hydrogen-bond acceptors (Lipinski definition) is 5. The van der Waals surface area contributed by atoms with Gasteiger partial charge in [-0.2, -0.15) is 0 Å². The molecule has 3 aromatic carbocycles. The maximum absolute atomic E-state index is 13.2. The van der Waals surface area contributed by atoms with Gasteiger partial charge in [0.15, 0.2) is 5.78 Å². The Morgan fingerprint density at radius 3 is 2.39 bits per heavy atom. The fraction of sp³-hybridized carbons (Fsp3) is 0.259. The number of carbonyl (C=O) groups is 1. The molecular formula is C27H26N2O4. The molecule has 6 nitrogen and oxygen atoms in total. The first-order chi connectivity index (χ1) is 15.9. The first-order valence-corrected chi connectivity index (χ1v) is 11.2. The first-order valence-electron chi connectivity index (χ1n) is 11.2. The molecule has 1 N–H and O–H groups in total. The number of hydrogen-bond donors (Lipinski definition) is 1. The van der Waals surface area contributed by atoms with Crippen LogP contribution in [0.15, 0.2) is 65.7 Å². The van der Waals surface area contributed by atoms with E-state index in [4.69, 9.17) is 4.99 Å². The number of aliphatic imine (C=N–C) groups is 1. The van der Waals surface area contributed by atoms with E-state index in [9.17, 15) is 20.0 Å². The lowest BCUT2D eigenvalue weighted by molar-refractivity contribution is -0.384. The Kier molecular flexibility index (Phi) is 6.36. The molecule has 3 aromatic rings. The fourth-order valence-corrected chi connectivity index (χ4v) is 4.37. The third-order valence-electron chi connectivity index (χ3n) is 6.18. The van der Waals surface area contributed by atoms with Crippen LogP contribution in [0.4, 0.5) is 5.69 Å². The maximum Gasteiger partial charge on any atom is 0.270 e. The standard InChI is InChI=1S/C27H26N2O4/c1-3-18-6-5-17(13-19(18)4-2)14-25-26(31)15-21-7-10-22(29(32)33)16-24(21)27(28-25)20-8-11-23(30)12-9-20/h5-13,16,25,30H,3-4,14-15H2,1-2H3. The van der Waals surface area contributed by atoms with Crippen LogP contribution in [0.1, 0.15) is 47.2 Å². The topological polar surface area (TPSA) is 92.8 Å². The number of Topliss-reactive ketones (excluding diaryl/α,β-unsaturated/α-hetero) is 1. The lowest BCUT2D eigenvalue weighted by Gasteiger charge is -2.14. The summed E-state index contributed by atoms with van der Waals surface area (Å²) in [5, 5.41) is 21.1. The molecule has 168 valence electrons. The van der Waals surface area contributed by atoms with Crippen molar-refractivity contribution in [3.63, 3.8) is 0 Å². The van der Waals surface area contributed by atoms with Crippen molar-refractivity contribution in [3.05, 3.63) is 104 Å². The molecule has 0 saturated heterocycles. The molecule has 1 unspecified atom stereocenters. The highest BCUT2D eigenvalue weighted by atomic mass is 16.6. The molecule has 1 heterocycles. The number of benzene rings is 3. The largest absolute Gasteiger partial charge is 0.508 e. The number of phenols is 1. The number of ketones is 1. The highest BCUT2D eigenvalue weighted by Gasteiger charge is 2.28. The van der Waals surface area contributed by atoms with Crippen molar-refractivity contribution < 1.29 is 14.8 Å². The summed E-state index contributed by atoms with van der Waals surface area (Å²) >= 11 is 0. The number of aromatic hydroxyl groups is 1. The highest BCUT2D eigenvalue weighted by molar-refractivity contribution is 6.16. The van der Waals surface area contributed by atoms with E-state index in [0.29, 0.717) is 23.3 Å². The Hall–Kier alpha value is -3.80. The molecule has 1 atom stereocenters. The van der Waals surface area contributed by atoms with Gasteiger partial charge in [0.1, 0.15) is 11.8 Å². The SMILES string of the molecule is CCc1ccc(CC2N=C(c3ccc(O)cc3)c3cc([N+](=O)[O-])ccc3CC2=O)cc1CC. The Balaban J connectivity index is 1.81. The molecule has 6 heteroatoms. The van der Waals surface area contributed by atoms with Crippen LogP contribution >= 0.6 is 0 Å². The number of aryl methyl sites for hydroxylation is 2. The smallest absolute Gasteiger partial charge is 0.270 e. The number of nitrogens with zero attached hydrogens (tertiary/aromatic N) is 2. The number of nitro groups is 1. The van der Waals surface area contributed by atoms with E-state index in [1.165, 1.54) is 23.3 Å². The van der Waals surface area contributed by atoms with Gasteiger partial charge in [-0.1, -0.05) is 38.1 Å². The zero-order valence-electron chi connectivity index (χ0n) is 18.7. The summed E-state index contributed by atoms with van der Waals surface area (Å²) in [6.45, 7) is 4.26. The van der Waals surface area contributed by atoms with Crippen molar-refractivity contribution in [1.82, 2.24) is 0 Å².